The number of anilines is 1. The first-order valence-corrected chi connectivity index (χ1v) is 8.30. The van der Waals surface area contributed by atoms with E-state index in [1.54, 1.807) is 4.90 Å². The lowest BCUT2D eigenvalue weighted by Gasteiger charge is -2.33. The maximum atomic E-state index is 12.7. The molecule has 2 aliphatic rings. The minimum Gasteiger partial charge on any atom is -0.340 e. The van der Waals surface area contributed by atoms with Gasteiger partial charge in [-0.25, -0.2) is 0 Å². The molecule has 0 saturated carbocycles. The summed E-state index contributed by atoms with van der Waals surface area (Å²) in [5, 5.41) is 0. The SMILES string of the molecule is Cc1ccc(N2CC(C(=O)N3CCN(C)CC3)CC2=O)cc1C. The summed E-state index contributed by atoms with van der Waals surface area (Å²) in [5.74, 6) is -0.00831. The van der Waals surface area contributed by atoms with Gasteiger partial charge in [0.25, 0.3) is 0 Å². The highest BCUT2D eigenvalue weighted by Crippen LogP contribution is 2.28. The Kier molecular flexibility index (Phi) is 4.39. The van der Waals surface area contributed by atoms with Crippen LogP contribution in [-0.4, -0.2) is 61.4 Å². The number of aryl methyl sites for hydroxylation is 2. The highest BCUT2D eigenvalue weighted by atomic mass is 16.2. The Bertz CT molecular complexity index is 621. The molecule has 23 heavy (non-hydrogen) atoms. The van der Waals surface area contributed by atoms with E-state index in [2.05, 4.69) is 18.9 Å². The number of amides is 2. The van der Waals surface area contributed by atoms with Gasteiger partial charge in [-0.15, -0.1) is 0 Å². The van der Waals surface area contributed by atoms with Gasteiger partial charge in [0, 0.05) is 44.8 Å². The standard InChI is InChI=1S/C18H25N3O2/c1-13-4-5-16(10-14(13)2)21-12-15(11-17(21)22)18(23)20-8-6-19(3)7-9-20/h4-5,10,15H,6-9,11-12H2,1-3H3. The van der Waals surface area contributed by atoms with Crippen LogP contribution < -0.4 is 4.90 Å². The third-order valence-electron chi connectivity index (χ3n) is 5.09. The summed E-state index contributed by atoms with van der Waals surface area (Å²) >= 11 is 0. The van der Waals surface area contributed by atoms with E-state index in [9.17, 15) is 9.59 Å². The van der Waals surface area contributed by atoms with Gasteiger partial charge in [-0.2, -0.15) is 0 Å². The molecule has 3 rings (SSSR count). The van der Waals surface area contributed by atoms with E-state index in [1.165, 1.54) is 11.1 Å². The van der Waals surface area contributed by atoms with Crippen molar-refractivity contribution in [3.63, 3.8) is 0 Å². The fourth-order valence-corrected chi connectivity index (χ4v) is 3.30. The molecule has 0 bridgehead atoms. The predicted octanol–water partition coefficient (Wildman–Crippen LogP) is 1.43. The van der Waals surface area contributed by atoms with Crippen molar-refractivity contribution in [2.75, 3.05) is 44.7 Å². The average Bonchev–Trinajstić information content (AvgIpc) is 2.92. The maximum Gasteiger partial charge on any atom is 0.228 e. The molecule has 0 aliphatic carbocycles. The molecule has 0 N–H and O–H groups in total. The van der Waals surface area contributed by atoms with Crippen molar-refractivity contribution < 1.29 is 9.59 Å². The molecule has 1 aromatic carbocycles. The van der Waals surface area contributed by atoms with Crippen molar-refractivity contribution in [3.8, 4) is 0 Å². The normalized spacial score (nSPS) is 22.7. The van der Waals surface area contributed by atoms with Gasteiger partial charge in [-0.05, 0) is 44.2 Å². The summed E-state index contributed by atoms with van der Waals surface area (Å²) in [5.41, 5.74) is 3.29. The first-order valence-electron chi connectivity index (χ1n) is 8.30. The van der Waals surface area contributed by atoms with E-state index < -0.39 is 0 Å². The molecule has 1 unspecified atom stereocenters. The lowest BCUT2D eigenvalue weighted by Crippen LogP contribution is -2.49. The molecule has 5 nitrogen and oxygen atoms in total. The second-order valence-corrected chi connectivity index (χ2v) is 6.80. The van der Waals surface area contributed by atoms with Gasteiger partial charge in [0.1, 0.15) is 0 Å². The Hall–Kier alpha value is -1.88. The summed E-state index contributed by atoms with van der Waals surface area (Å²) in [6.07, 6.45) is 0.331. The average molecular weight is 315 g/mol. The van der Waals surface area contributed by atoms with Crippen molar-refractivity contribution in [2.24, 2.45) is 5.92 Å². The fraction of sp³-hybridized carbons (Fsp3) is 0.556. The number of benzene rings is 1. The van der Waals surface area contributed by atoms with Crippen LogP contribution in [0.25, 0.3) is 0 Å². The summed E-state index contributed by atoms with van der Waals surface area (Å²) in [6, 6.07) is 6.05. The molecule has 124 valence electrons. The lowest BCUT2D eigenvalue weighted by atomic mass is 10.1. The molecule has 0 spiro atoms. The molecule has 2 aliphatic heterocycles. The first kappa shape index (κ1) is 16.0. The first-order chi connectivity index (χ1) is 11.0. The largest absolute Gasteiger partial charge is 0.340 e. The van der Waals surface area contributed by atoms with Crippen molar-refractivity contribution in [1.29, 1.82) is 0 Å². The van der Waals surface area contributed by atoms with E-state index in [4.69, 9.17) is 0 Å². The Morgan fingerprint density at radius 3 is 2.43 bits per heavy atom. The van der Waals surface area contributed by atoms with Gasteiger partial charge in [0.15, 0.2) is 0 Å². The monoisotopic (exact) mass is 315 g/mol. The molecule has 2 amide bonds. The van der Waals surface area contributed by atoms with Gasteiger partial charge in [-0.1, -0.05) is 6.07 Å². The zero-order chi connectivity index (χ0) is 16.6. The summed E-state index contributed by atoms with van der Waals surface area (Å²) in [6.45, 7) is 7.97. The second-order valence-electron chi connectivity index (χ2n) is 6.80. The van der Waals surface area contributed by atoms with Crippen LogP contribution in [0.4, 0.5) is 5.69 Å². The van der Waals surface area contributed by atoms with Crippen LogP contribution >= 0.6 is 0 Å². The van der Waals surface area contributed by atoms with Gasteiger partial charge >= 0.3 is 0 Å². The smallest absolute Gasteiger partial charge is 0.228 e. The number of rotatable bonds is 2. The summed E-state index contributed by atoms with van der Waals surface area (Å²) in [4.78, 5) is 31.0. The van der Waals surface area contributed by atoms with Crippen LogP contribution in [0.5, 0.6) is 0 Å². The molecular formula is C18H25N3O2. The van der Waals surface area contributed by atoms with Crippen molar-refractivity contribution >= 4 is 17.5 Å². The number of likely N-dealkylation sites (N-methyl/N-ethyl adjacent to an activating group) is 1. The Labute approximate surface area is 137 Å². The zero-order valence-corrected chi connectivity index (χ0v) is 14.2. The third kappa shape index (κ3) is 3.24. The molecule has 2 saturated heterocycles. The number of carbonyl (C=O) groups excluding carboxylic acids is 2. The number of hydrogen-bond donors (Lipinski definition) is 0. The van der Waals surface area contributed by atoms with Gasteiger partial charge < -0.3 is 14.7 Å². The number of nitrogens with zero attached hydrogens (tertiary/aromatic N) is 3. The Balaban J connectivity index is 1.69. The van der Waals surface area contributed by atoms with Crippen LogP contribution in [0.15, 0.2) is 18.2 Å². The van der Waals surface area contributed by atoms with Crippen LogP contribution in [0.1, 0.15) is 17.5 Å². The maximum absolute atomic E-state index is 12.7. The fourth-order valence-electron chi connectivity index (χ4n) is 3.30. The second kappa shape index (κ2) is 6.32. The molecule has 1 atom stereocenters. The van der Waals surface area contributed by atoms with Crippen LogP contribution in [0.3, 0.4) is 0 Å². The topological polar surface area (TPSA) is 43.9 Å². The summed E-state index contributed by atoms with van der Waals surface area (Å²) < 4.78 is 0. The van der Waals surface area contributed by atoms with E-state index in [0.717, 1.165) is 31.9 Å². The number of hydrogen-bond acceptors (Lipinski definition) is 3. The van der Waals surface area contributed by atoms with Gasteiger partial charge in [0.05, 0.1) is 5.92 Å². The molecule has 2 heterocycles. The minimum atomic E-state index is -0.201. The third-order valence-corrected chi connectivity index (χ3v) is 5.09. The van der Waals surface area contributed by atoms with Crippen molar-refractivity contribution in [1.82, 2.24) is 9.80 Å². The molecule has 0 aromatic heterocycles. The number of carbonyl (C=O) groups is 2. The van der Waals surface area contributed by atoms with Crippen LogP contribution in [0.2, 0.25) is 0 Å². The Morgan fingerprint density at radius 2 is 1.78 bits per heavy atom. The molecule has 0 radical (unpaired) electrons. The predicted molar refractivity (Wildman–Crippen MR) is 90.5 cm³/mol. The van der Waals surface area contributed by atoms with E-state index in [0.29, 0.717) is 13.0 Å². The van der Waals surface area contributed by atoms with Crippen LogP contribution in [0, 0.1) is 19.8 Å². The molecule has 2 fully saturated rings. The van der Waals surface area contributed by atoms with Gasteiger partial charge in [0.2, 0.25) is 11.8 Å². The zero-order valence-electron chi connectivity index (χ0n) is 14.2. The van der Waals surface area contributed by atoms with Crippen molar-refractivity contribution in [3.05, 3.63) is 29.3 Å². The highest BCUT2D eigenvalue weighted by Gasteiger charge is 2.37. The Morgan fingerprint density at radius 1 is 1.09 bits per heavy atom. The van der Waals surface area contributed by atoms with Crippen molar-refractivity contribution in [2.45, 2.75) is 20.3 Å². The highest BCUT2D eigenvalue weighted by molar-refractivity contribution is 6.00. The van der Waals surface area contributed by atoms with E-state index >= 15 is 0 Å². The molecule has 1 aromatic rings. The van der Waals surface area contributed by atoms with Crippen LogP contribution in [-0.2, 0) is 9.59 Å². The molecular weight excluding hydrogens is 290 g/mol. The summed E-state index contributed by atoms with van der Waals surface area (Å²) in [7, 11) is 2.07. The number of piperazine rings is 1. The minimum absolute atomic E-state index is 0.0562. The quantitative estimate of drug-likeness (QED) is 0.829. The molecule has 5 heteroatoms. The van der Waals surface area contributed by atoms with Gasteiger partial charge in [-0.3, -0.25) is 9.59 Å². The van der Waals surface area contributed by atoms with E-state index in [1.807, 2.05) is 30.0 Å². The van der Waals surface area contributed by atoms with E-state index in [-0.39, 0.29) is 17.7 Å². The lowest BCUT2D eigenvalue weighted by molar-refractivity contribution is -0.137.